The first kappa shape index (κ1) is 9.61. The first-order chi connectivity index (χ1) is 4.42. The van der Waals surface area contributed by atoms with Crippen LogP contribution >= 0.6 is 0 Å². The zero-order chi connectivity index (χ0) is 8.20. The summed E-state index contributed by atoms with van der Waals surface area (Å²) < 4.78 is 31.9. The molecule has 0 unspecified atom stereocenters. The molecular formula is C5H10O4S. The summed E-state index contributed by atoms with van der Waals surface area (Å²) in [7, 11) is -4.26. The van der Waals surface area contributed by atoms with E-state index in [4.69, 9.17) is 4.55 Å². The van der Waals surface area contributed by atoms with Crippen LogP contribution in [0.2, 0.25) is 0 Å². The van der Waals surface area contributed by atoms with E-state index in [-0.39, 0.29) is 6.61 Å². The zero-order valence-electron chi connectivity index (χ0n) is 5.70. The molecule has 0 rings (SSSR count). The second kappa shape index (κ2) is 3.70. The smallest absolute Gasteiger partial charge is 0.264 e. The Bertz CT molecular complexity index is 204. The highest BCUT2D eigenvalue weighted by Crippen LogP contribution is 1.97. The lowest BCUT2D eigenvalue weighted by atomic mass is 10.3. The normalized spacial score (nSPS) is 11.4. The van der Waals surface area contributed by atoms with Crippen LogP contribution in [0.15, 0.2) is 12.2 Å². The van der Waals surface area contributed by atoms with Gasteiger partial charge in [0, 0.05) is 0 Å². The van der Waals surface area contributed by atoms with Gasteiger partial charge in [-0.15, -0.1) is 6.58 Å². The molecule has 5 heteroatoms. The third kappa shape index (κ3) is 7.61. The monoisotopic (exact) mass is 166 g/mol. The molecule has 0 aromatic carbocycles. The van der Waals surface area contributed by atoms with Gasteiger partial charge in [0.25, 0.3) is 0 Å². The highest BCUT2D eigenvalue weighted by atomic mass is 32.3. The summed E-state index contributed by atoms with van der Waals surface area (Å²) in [4.78, 5) is 0. The van der Waals surface area contributed by atoms with Gasteiger partial charge >= 0.3 is 10.4 Å². The van der Waals surface area contributed by atoms with Crippen molar-refractivity contribution in [3.63, 3.8) is 0 Å². The van der Waals surface area contributed by atoms with Gasteiger partial charge in [-0.25, -0.2) is 4.18 Å². The Morgan fingerprint density at radius 3 is 2.50 bits per heavy atom. The second-order valence-electron chi connectivity index (χ2n) is 1.96. The summed E-state index contributed by atoms with van der Waals surface area (Å²) in [5.74, 6) is 0. The van der Waals surface area contributed by atoms with Gasteiger partial charge < -0.3 is 0 Å². The molecule has 4 nitrogen and oxygen atoms in total. The molecule has 0 saturated heterocycles. The molecule has 0 aliphatic heterocycles. The first-order valence-electron chi connectivity index (χ1n) is 2.68. The lowest BCUT2D eigenvalue weighted by Crippen LogP contribution is -2.04. The standard InChI is InChI=1S/C5H10O4S/c1-5(2)3-4-9-10(6,7)8/h1,3-4H2,2H3,(H,6,7,8). The van der Waals surface area contributed by atoms with Gasteiger partial charge in [-0.2, -0.15) is 8.42 Å². The molecule has 60 valence electrons. The summed E-state index contributed by atoms with van der Waals surface area (Å²) in [6, 6.07) is 0. The Kier molecular flexibility index (Phi) is 3.55. The number of hydrogen-bond acceptors (Lipinski definition) is 3. The van der Waals surface area contributed by atoms with Crippen LogP contribution in [0.1, 0.15) is 13.3 Å². The number of hydrogen-bond donors (Lipinski definition) is 1. The Balaban J connectivity index is 3.49. The molecule has 0 radical (unpaired) electrons. The maximum Gasteiger partial charge on any atom is 0.397 e. The Labute approximate surface area is 60.5 Å². The summed E-state index contributed by atoms with van der Waals surface area (Å²) in [5.41, 5.74) is 0.809. The first-order valence-corrected chi connectivity index (χ1v) is 4.04. The average Bonchev–Trinajstić information content (AvgIpc) is 1.59. The van der Waals surface area contributed by atoms with Crippen LogP contribution < -0.4 is 0 Å². The fourth-order valence-corrected chi connectivity index (χ4v) is 0.615. The summed E-state index contributed by atoms with van der Waals surface area (Å²) in [6.45, 7) is 5.21. The molecule has 0 aliphatic rings. The predicted molar refractivity (Wildman–Crippen MR) is 36.9 cm³/mol. The topological polar surface area (TPSA) is 63.6 Å². The summed E-state index contributed by atoms with van der Waals surface area (Å²) in [5, 5.41) is 0. The van der Waals surface area contributed by atoms with Crippen molar-refractivity contribution < 1.29 is 17.2 Å². The fraction of sp³-hybridized carbons (Fsp3) is 0.600. The van der Waals surface area contributed by atoms with Crippen molar-refractivity contribution in [1.29, 1.82) is 0 Å². The molecule has 0 heterocycles. The van der Waals surface area contributed by atoms with Crippen molar-refractivity contribution in [2.45, 2.75) is 13.3 Å². The van der Waals surface area contributed by atoms with Crippen LogP contribution in [0.3, 0.4) is 0 Å². The molecule has 0 bridgehead atoms. The lowest BCUT2D eigenvalue weighted by Gasteiger charge is -1.97. The quantitative estimate of drug-likeness (QED) is 0.495. The largest absolute Gasteiger partial charge is 0.397 e. The molecule has 0 saturated carbocycles. The molecule has 0 aromatic rings. The van der Waals surface area contributed by atoms with Crippen molar-refractivity contribution in [2.24, 2.45) is 0 Å². The van der Waals surface area contributed by atoms with Crippen molar-refractivity contribution in [2.75, 3.05) is 6.61 Å². The van der Waals surface area contributed by atoms with Gasteiger partial charge in [-0.05, 0) is 13.3 Å². The average molecular weight is 166 g/mol. The minimum absolute atomic E-state index is 0.0475. The molecular weight excluding hydrogens is 156 g/mol. The molecule has 1 N–H and O–H groups in total. The van der Waals surface area contributed by atoms with E-state index >= 15 is 0 Å². The molecule has 10 heavy (non-hydrogen) atoms. The van der Waals surface area contributed by atoms with Gasteiger partial charge in [0.2, 0.25) is 0 Å². The maximum atomic E-state index is 9.92. The lowest BCUT2D eigenvalue weighted by molar-refractivity contribution is 0.272. The van der Waals surface area contributed by atoms with Crippen LogP contribution in [-0.4, -0.2) is 19.6 Å². The maximum absolute atomic E-state index is 9.92. The van der Waals surface area contributed by atoms with Crippen LogP contribution in [0.25, 0.3) is 0 Å². The van der Waals surface area contributed by atoms with E-state index in [1.54, 1.807) is 6.92 Å². The second-order valence-corrected chi connectivity index (χ2v) is 3.05. The summed E-state index contributed by atoms with van der Waals surface area (Å²) >= 11 is 0. The SMILES string of the molecule is C=C(C)CCOS(=O)(=O)O. The van der Waals surface area contributed by atoms with Crippen LogP contribution in [0, 0.1) is 0 Å². The van der Waals surface area contributed by atoms with Crippen LogP contribution in [0.4, 0.5) is 0 Å². The predicted octanol–water partition coefficient (Wildman–Crippen LogP) is 0.772. The van der Waals surface area contributed by atoms with E-state index in [1.807, 2.05) is 0 Å². The highest BCUT2D eigenvalue weighted by Gasteiger charge is 2.02. The third-order valence-electron chi connectivity index (χ3n) is 0.761. The summed E-state index contributed by atoms with van der Waals surface area (Å²) in [6.07, 6.45) is 0.430. The molecule has 0 aliphatic carbocycles. The third-order valence-corrected chi connectivity index (χ3v) is 1.23. The van der Waals surface area contributed by atoms with E-state index in [2.05, 4.69) is 10.8 Å². The van der Waals surface area contributed by atoms with Gasteiger partial charge in [0.15, 0.2) is 0 Å². The molecule has 0 fully saturated rings. The molecule has 0 aromatic heterocycles. The van der Waals surface area contributed by atoms with Crippen molar-refractivity contribution >= 4 is 10.4 Å². The van der Waals surface area contributed by atoms with Crippen molar-refractivity contribution in [1.82, 2.24) is 0 Å². The van der Waals surface area contributed by atoms with Gasteiger partial charge in [-0.3, -0.25) is 4.55 Å². The van der Waals surface area contributed by atoms with Crippen LogP contribution in [0.5, 0.6) is 0 Å². The van der Waals surface area contributed by atoms with E-state index < -0.39 is 10.4 Å². The highest BCUT2D eigenvalue weighted by molar-refractivity contribution is 7.80. The number of rotatable bonds is 4. The van der Waals surface area contributed by atoms with Gasteiger partial charge in [-0.1, -0.05) is 5.57 Å². The van der Waals surface area contributed by atoms with E-state index in [0.717, 1.165) is 5.57 Å². The van der Waals surface area contributed by atoms with Crippen LogP contribution in [-0.2, 0) is 14.6 Å². The van der Waals surface area contributed by atoms with E-state index in [1.165, 1.54) is 0 Å². The van der Waals surface area contributed by atoms with Crippen molar-refractivity contribution in [3.05, 3.63) is 12.2 Å². The molecule has 0 amide bonds. The van der Waals surface area contributed by atoms with Gasteiger partial charge in [0.1, 0.15) is 0 Å². The Hall–Kier alpha value is -0.390. The molecule has 0 spiro atoms. The van der Waals surface area contributed by atoms with Crippen molar-refractivity contribution in [3.8, 4) is 0 Å². The fourth-order valence-electron chi connectivity index (χ4n) is 0.321. The zero-order valence-corrected chi connectivity index (χ0v) is 6.52. The minimum Gasteiger partial charge on any atom is -0.264 e. The Morgan fingerprint density at radius 1 is 1.70 bits per heavy atom. The van der Waals surface area contributed by atoms with E-state index in [0.29, 0.717) is 6.42 Å². The molecule has 0 atom stereocenters. The Morgan fingerprint density at radius 2 is 2.20 bits per heavy atom. The van der Waals surface area contributed by atoms with E-state index in [9.17, 15) is 8.42 Å². The minimum atomic E-state index is -4.26. The van der Waals surface area contributed by atoms with Gasteiger partial charge in [0.05, 0.1) is 6.61 Å².